The Kier molecular flexibility index (Phi) is 26.4. The molecule has 0 bridgehead atoms. The summed E-state index contributed by atoms with van der Waals surface area (Å²) in [4.78, 5) is 5.50. The summed E-state index contributed by atoms with van der Waals surface area (Å²) in [5, 5.41) is 0. The van der Waals surface area contributed by atoms with Crippen LogP contribution in [0.5, 0.6) is 0 Å². The maximum Gasteiger partial charge on any atom is 0.0109 e. The third kappa shape index (κ3) is 24.2. The molecule has 0 aromatic carbocycles. The number of hydrogen-bond donors (Lipinski definition) is 0. The summed E-state index contributed by atoms with van der Waals surface area (Å²) in [7, 11) is 0. The summed E-state index contributed by atoms with van der Waals surface area (Å²) in [6.07, 6.45) is 41.4. The Hall–Kier alpha value is -0.600. The SMILES string of the molecule is CCCCC/C=C\C/C=C\CCCCCCCCN(CCCCCCCCCCC)CCN1CCCC1. The maximum absolute atomic E-state index is 2.81. The molecule has 2 heteroatoms. The quantitative estimate of drug-likeness (QED) is 0.0753. The molecule has 0 unspecified atom stereocenters. The molecule has 0 aliphatic carbocycles. The van der Waals surface area contributed by atoms with Crippen molar-refractivity contribution < 1.29 is 0 Å². The lowest BCUT2D eigenvalue weighted by atomic mass is 10.1. The number of nitrogens with zero attached hydrogens (tertiary/aromatic N) is 2. The van der Waals surface area contributed by atoms with Crippen molar-refractivity contribution in [1.82, 2.24) is 9.80 Å². The first kappa shape index (κ1) is 34.4. The van der Waals surface area contributed by atoms with Gasteiger partial charge in [-0.3, -0.25) is 0 Å². The van der Waals surface area contributed by atoms with Crippen LogP contribution in [0, 0.1) is 0 Å². The van der Waals surface area contributed by atoms with Gasteiger partial charge < -0.3 is 9.80 Å². The van der Waals surface area contributed by atoms with E-state index >= 15 is 0 Å². The molecule has 0 aromatic heterocycles. The maximum atomic E-state index is 2.81. The molecule has 0 aromatic rings. The Morgan fingerprint density at radius 2 is 0.919 bits per heavy atom. The zero-order valence-corrected chi connectivity index (χ0v) is 25.7. The number of allylic oxidation sites excluding steroid dienone is 4. The van der Waals surface area contributed by atoms with E-state index in [0.29, 0.717) is 0 Å². The molecule has 1 heterocycles. The standard InChI is InChI=1S/C35H68N2/c1-3-5-7-9-11-13-14-15-16-17-18-19-21-23-25-27-31-36(34-35-37-32-28-29-33-37)30-26-24-22-20-12-10-8-6-4-2/h11,13,15-16H,3-10,12,14,17-35H2,1-2H3/b13-11-,16-15-. The Morgan fingerprint density at radius 3 is 1.46 bits per heavy atom. The van der Waals surface area contributed by atoms with Crippen molar-refractivity contribution in [1.29, 1.82) is 0 Å². The van der Waals surface area contributed by atoms with Crippen LogP contribution in [-0.4, -0.2) is 49.1 Å². The van der Waals surface area contributed by atoms with E-state index in [2.05, 4.69) is 48.0 Å². The van der Waals surface area contributed by atoms with E-state index in [4.69, 9.17) is 0 Å². The largest absolute Gasteiger partial charge is 0.302 e. The molecule has 0 saturated carbocycles. The highest BCUT2D eigenvalue weighted by Crippen LogP contribution is 2.13. The first-order valence-electron chi connectivity index (χ1n) is 17.1. The molecule has 1 aliphatic heterocycles. The van der Waals surface area contributed by atoms with Crippen LogP contribution < -0.4 is 0 Å². The van der Waals surface area contributed by atoms with Gasteiger partial charge in [0.1, 0.15) is 0 Å². The van der Waals surface area contributed by atoms with E-state index < -0.39 is 0 Å². The zero-order chi connectivity index (χ0) is 26.5. The fraction of sp³-hybridized carbons (Fsp3) is 0.886. The third-order valence-corrected chi connectivity index (χ3v) is 8.18. The average Bonchev–Trinajstić information content (AvgIpc) is 3.44. The first-order valence-corrected chi connectivity index (χ1v) is 17.1. The van der Waals surface area contributed by atoms with Crippen molar-refractivity contribution in [3.05, 3.63) is 24.3 Å². The minimum absolute atomic E-state index is 1.12. The van der Waals surface area contributed by atoms with Crippen LogP contribution in [-0.2, 0) is 0 Å². The summed E-state index contributed by atoms with van der Waals surface area (Å²) >= 11 is 0. The summed E-state index contributed by atoms with van der Waals surface area (Å²) in [6, 6.07) is 0. The van der Waals surface area contributed by atoms with E-state index in [1.165, 1.54) is 181 Å². The van der Waals surface area contributed by atoms with Crippen LogP contribution in [0.2, 0.25) is 0 Å². The van der Waals surface area contributed by atoms with Gasteiger partial charge in [0.15, 0.2) is 0 Å². The Balaban J connectivity index is 2.02. The van der Waals surface area contributed by atoms with Crippen LogP contribution in [0.1, 0.15) is 162 Å². The molecule has 0 spiro atoms. The van der Waals surface area contributed by atoms with Crippen LogP contribution >= 0.6 is 0 Å². The molecule has 0 amide bonds. The minimum atomic E-state index is 1.12. The second-order valence-electron chi connectivity index (χ2n) is 11.8. The van der Waals surface area contributed by atoms with Gasteiger partial charge in [-0.1, -0.05) is 128 Å². The zero-order valence-electron chi connectivity index (χ0n) is 25.7. The van der Waals surface area contributed by atoms with Gasteiger partial charge in [-0.15, -0.1) is 0 Å². The van der Waals surface area contributed by atoms with Gasteiger partial charge in [-0.05, 0) is 84.0 Å². The van der Waals surface area contributed by atoms with Crippen LogP contribution in [0.25, 0.3) is 0 Å². The second-order valence-corrected chi connectivity index (χ2v) is 11.8. The summed E-state index contributed by atoms with van der Waals surface area (Å²) < 4.78 is 0. The van der Waals surface area contributed by atoms with Gasteiger partial charge in [-0.2, -0.15) is 0 Å². The van der Waals surface area contributed by atoms with Crippen LogP contribution in [0.15, 0.2) is 24.3 Å². The predicted molar refractivity (Wildman–Crippen MR) is 169 cm³/mol. The average molecular weight is 517 g/mol. The highest BCUT2D eigenvalue weighted by Gasteiger charge is 2.13. The Labute approximate surface area is 234 Å². The molecule has 1 rings (SSSR count). The number of hydrogen-bond acceptors (Lipinski definition) is 2. The lowest BCUT2D eigenvalue weighted by molar-refractivity contribution is 0.217. The molecule has 218 valence electrons. The lowest BCUT2D eigenvalue weighted by Gasteiger charge is -2.25. The molecule has 0 atom stereocenters. The van der Waals surface area contributed by atoms with E-state index in [0.717, 1.165) is 6.42 Å². The van der Waals surface area contributed by atoms with Crippen LogP contribution in [0.3, 0.4) is 0 Å². The number of unbranched alkanes of at least 4 members (excludes halogenated alkanes) is 17. The molecule has 0 N–H and O–H groups in total. The fourth-order valence-electron chi connectivity index (χ4n) is 5.59. The van der Waals surface area contributed by atoms with Gasteiger partial charge in [0.25, 0.3) is 0 Å². The molecular formula is C35H68N2. The topological polar surface area (TPSA) is 6.48 Å². The van der Waals surface area contributed by atoms with E-state index in [9.17, 15) is 0 Å². The molecule has 1 saturated heterocycles. The summed E-state index contributed by atoms with van der Waals surface area (Å²) in [5.74, 6) is 0. The molecule has 37 heavy (non-hydrogen) atoms. The third-order valence-electron chi connectivity index (χ3n) is 8.18. The van der Waals surface area contributed by atoms with E-state index in [1.807, 2.05) is 0 Å². The van der Waals surface area contributed by atoms with Crippen molar-refractivity contribution in [2.45, 2.75) is 162 Å². The smallest absolute Gasteiger partial charge is 0.0109 e. The second kappa shape index (κ2) is 28.4. The molecule has 2 nitrogen and oxygen atoms in total. The van der Waals surface area contributed by atoms with Crippen molar-refractivity contribution in [2.75, 3.05) is 39.3 Å². The van der Waals surface area contributed by atoms with Gasteiger partial charge in [-0.25, -0.2) is 0 Å². The van der Waals surface area contributed by atoms with Crippen molar-refractivity contribution >= 4 is 0 Å². The molecular weight excluding hydrogens is 448 g/mol. The van der Waals surface area contributed by atoms with E-state index in [1.54, 1.807) is 0 Å². The summed E-state index contributed by atoms with van der Waals surface area (Å²) in [6.45, 7) is 12.6. The highest BCUT2D eigenvalue weighted by atomic mass is 15.2. The monoisotopic (exact) mass is 517 g/mol. The Morgan fingerprint density at radius 1 is 0.486 bits per heavy atom. The van der Waals surface area contributed by atoms with Gasteiger partial charge in [0.05, 0.1) is 0 Å². The first-order chi connectivity index (χ1) is 18.4. The van der Waals surface area contributed by atoms with Crippen LogP contribution in [0.4, 0.5) is 0 Å². The number of likely N-dealkylation sites (tertiary alicyclic amines) is 1. The highest BCUT2D eigenvalue weighted by molar-refractivity contribution is 4.92. The minimum Gasteiger partial charge on any atom is -0.302 e. The molecule has 1 aliphatic rings. The lowest BCUT2D eigenvalue weighted by Crippen LogP contribution is -2.35. The summed E-state index contributed by atoms with van der Waals surface area (Å²) in [5.41, 5.74) is 0. The fourth-order valence-corrected chi connectivity index (χ4v) is 5.59. The Bertz CT molecular complexity index is 491. The molecule has 0 radical (unpaired) electrons. The predicted octanol–water partition coefficient (Wildman–Crippen LogP) is 10.7. The van der Waals surface area contributed by atoms with Gasteiger partial charge in [0.2, 0.25) is 0 Å². The van der Waals surface area contributed by atoms with Crippen molar-refractivity contribution in [3.63, 3.8) is 0 Å². The number of rotatable bonds is 28. The van der Waals surface area contributed by atoms with Gasteiger partial charge in [0, 0.05) is 13.1 Å². The van der Waals surface area contributed by atoms with Crippen molar-refractivity contribution in [2.24, 2.45) is 0 Å². The molecule has 1 fully saturated rings. The normalized spacial score (nSPS) is 14.8. The van der Waals surface area contributed by atoms with Gasteiger partial charge >= 0.3 is 0 Å². The van der Waals surface area contributed by atoms with E-state index in [-0.39, 0.29) is 0 Å². The van der Waals surface area contributed by atoms with Crippen molar-refractivity contribution in [3.8, 4) is 0 Å².